The molecule has 0 aromatic heterocycles. The van der Waals surface area contributed by atoms with Crippen LogP contribution in [0, 0.1) is 56.2 Å². The lowest BCUT2D eigenvalue weighted by Crippen LogP contribution is -2.68. The van der Waals surface area contributed by atoms with Crippen LogP contribution in [0.3, 0.4) is 0 Å². The van der Waals surface area contributed by atoms with E-state index in [1.54, 1.807) is 5.57 Å². The predicted octanol–water partition coefficient (Wildman–Crippen LogP) is 7.39. The van der Waals surface area contributed by atoms with E-state index in [9.17, 15) is 10.2 Å². The average Bonchev–Trinajstić information content (AvgIpc) is 2.77. The fourth-order valence-corrected chi connectivity index (χ4v) is 11.1. The molecule has 0 heterocycles. The molecule has 0 bridgehead atoms. The molecule has 2 nitrogen and oxygen atoms in total. The molecule has 10 atom stereocenters. The zero-order valence-corrected chi connectivity index (χ0v) is 22.9. The van der Waals surface area contributed by atoms with Crippen LogP contribution >= 0.6 is 0 Å². The molecule has 0 spiro atoms. The summed E-state index contributed by atoms with van der Waals surface area (Å²) in [5.41, 5.74) is 2.76. The van der Waals surface area contributed by atoms with E-state index < -0.39 is 0 Å². The molecule has 0 aromatic carbocycles. The maximum Gasteiger partial charge on any atom is 0.0596 e. The van der Waals surface area contributed by atoms with Gasteiger partial charge in [0.1, 0.15) is 0 Å². The quantitative estimate of drug-likeness (QED) is 0.404. The van der Waals surface area contributed by atoms with Crippen molar-refractivity contribution in [2.75, 3.05) is 6.61 Å². The first-order valence-corrected chi connectivity index (χ1v) is 14.2. The van der Waals surface area contributed by atoms with Crippen molar-refractivity contribution in [1.82, 2.24) is 0 Å². The Morgan fingerprint density at radius 3 is 2.21 bits per heavy atom. The van der Waals surface area contributed by atoms with Gasteiger partial charge in [-0.1, -0.05) is 67.0 Å². The summed E-state index contributed by atoms with van der Waals surface area (Å²) >= 11 is 0. The maximum absolute atomic E-state index is 11.1. The minimum Gasteiger partial charge on any atom is -0.396 e. The van der Waals surface area contributed by atoms with Crippen molar-refractivity contribution in [3.8, 4) is 0 Å². The Morgan fingerprint density at radius 1 is 0.848 bits per heavy atom. The summed E-state index contributed by atoms with van der Waals surface area (Å²) in [5.74, 6) is 2.62. The molecule has 4 fully saturated rings. The zero-order valence-electron chi connectivity index (χ0n) is 22.9. The minimum atomic E-state index is -0.186. The SMILES string of the molecule is C[C@H]1[C@H](C)CC[C@]2(CO)CC[C@]3(C)C(=CC[C@@H]4[C@@]5(C)CC[C@H](O)C(C)(C)[C@]5(C)CC[C@]43C)[C@H]12. The Labute approximate surface area is 204 Å². The Morgan fingerprint density at radius 2 is 1.55 bits per heavy atom. The molecule has 5 rings (SSSR count). The van der Waals surface area contributed by atoms with E-state index in [1.165, 1.54) is 44.9 Å². The fraction of sp³-hybridized carbons (Fsp3) is 0.935. The number of allylic oxidation sites excluding steroid dienone is 2. The van der Waals surface area contributed by atoms with Gasteiger partial charge in [0.05, 0.1) is 6.10 Å². The number of aliphatic hydroxyl groups excluding tert-OH is 2. The van der Waals surface area contributed by atoms with E-state index in [1.807, 2.05) is 0 Å². The average molecular weight is 457 g/mol. The first-order chi connectivity index (χ1) is 15.2. The van der Waals surface area contributed by atoms with Crippen LogP contribution in [-0.2, 0) is 0 Å². The van der Waals surface area contributed by atoms with Crippen LogP contribution in [0.1, 0.15) is 113 Å². The minimum absolute atomic E-state index is 0.0435. The van der Waals surface area contributed by atoms with Crippen molar-refractivity contribution in [3.63, 3.8) is 0 Å². The number of rotatable bonds is 1. The van der Waals surface area contributed by atoms with Gasteiger partial charge >= 0.3 is 0 Å². The topological polar surface area (TPSA) is 40.5 Å². The van der Waals surface area contributed by atoms with Crippen LogP contribution in [0.25, 0.3) is 0 Å². The summed E-state index contributed by atoms with van der Waals surface area (Å²) in [5, 5.41) is 21.8. The monoisotopic (exact) mass is 456 g/mol. The molecular weight excluding hydrogens is 404 g/mol. The largest absolute Gasteiger partial charge is 0.396 e. The normalized spacial score (nSPS) is 57.8. The van der Waals surface area contributed by atoms with E-state index in [0.717, 1.165) is 18.8 Å². The van der Waals surface area contributed by atoms with E-state index in [-0.39, 0.29) is 33.2 Å². The van der Waals surface area contributed by atoms with Crippen molar-refractivity contribution in [1.29, 1.82) is 0 Å². The molecule has 2 N–H and O–H groups in total. The van der Waals surface area contributed by atoms with Gasteiger partial charge in [-0.15, -0.1) is 0 Å². The van der Waals surface area contributed by atoms with Crippen LogP contribution in [0.5, 0.6) is 0 Å². The van der Waals surface area contributed by atoms with Crippen LogP contribution in [0.15, 0.2) is 11.6 Å². The Kier molecular flexibility index (Phi) is 5.25. The highest BCUT2D eigenvalue weighted by atomic mass is 16.3. The van der Waals surface area contributed by atoms with Crippen LogP contribution in [0.4, 0.5) is 0 Å². The molecule has 5 aliphatic rings. The van der Waals surface area contributed by atoms with Crippen molar-refractivity contribution in [3.05, 3.63) is 11.6 Å². The highest BCUT2D eigenvalue weighted by Gasteiger charge is 2.71. The summed E-state index contributed by atoms with van der Waals surface area (Å²) in [6.45, 7) is 20.4. The molecule has 33 heavy (non-hydrogen) atoms. The smallest absolute Gasteiger partial charge is 0.0596 e. The second-order valence-electron chi connectivity index (χ2n) is 15.1. The summed E-state index contributed by atoms with van der Waals surface area (Å²) < 4.78 is 0. The van der Waals surface area contributed by atoms with Gasteiger partial charge in [-0.2, -0.15) is 0 Å². The van der Waals surface area contributed by atoms with Crippen molar-refractivity contribution in [2.24, 2.45) is 56.2 Å². The highest BCUT2D eigenvalue weighted by molar-refractivity contribution is 5.34. The molecular formula is C31H52O2. The van der Waals surface area contributed by atoms with Gasteiger partial charge in [0.15, 0.2) is 0 Å². The first-order valence-electron chi connectivity index (χ1n) is 14.2. The molecule has 0 aromatic rings. The number of hydrogen-bond donors (Lipinski definition) is 2. The highest BCUT2D eigenvalue weighted by Crippen LogP contribution is 2.78. The summed E-state index contributed by atoms with van der Waals surface area (Å²) in [6, 6.07) is 0. The zero-order chi connectivity index (χ0) is 24.2. The lowest BCUT2D eigenvalue weighted by Gasteiger charge is -2.74. The van der Waals surface area contributed by atoms with E-state index in [2.05, 4.69) is 61.5 Å². The summed E-state index contributed by atoms with van der Waals surface area (Å²) in [4.78, 5) is 0. The third kappa shape index (κ3) is 2.64. The predicted molar refractivity (Wildman–Crippen MR) is 137 cm³/mol. The van der Waals surface area contributed by atoms with E-state index in [4.69, 9.17) is 0 Å². The molecule has 2 heteroatoms. The molecule has 4 saturated carbocycles. The Hall–Kier alpha value is -0.340. The molecule has 0 saturated heterocycles. The van der Waals surface area contributed by atoms with Gasteiger partial charge < -0.3 is 10.2 Å². The van der Waals surface area contributed by atoms with Gasteiger partial charge in [-0.3, -0.25) is 0 Å². The van der Waals surface area contributed by atoms with Crippen molar-refractivity contribution >= 4 is 0 Å². The lowest BCUT2D eigenvalue weighted by atomic mass is 9.30. The fourth-order valence-electron chi connectivity index (χ4n) is 11.1. The van der Waals surface area contributed by atoms with Crippen LogP contribution in [-0.4, -0.2) is 22.9 Å². The third-order valence-electron chi connectivity index (χ3n) is 14.6. The number of hydrogen-bond acceptors (Lipinski definition) is 2. The van der Waals surface area contributed by atoms with Gasteiger partial charge in [0, 0.05) is 12.0 Å². The van der Waals surface area contributed by atoms with Gasteiger partial charge in [-0.05, 0) is 109 Å². The van der Waals surface area contributed by atoms with Crippen molar-refractivity contribution < 1.29 is 10.2 Å². The third-order valence-corrected chi connectivity index (χ3v) is 14.6. The van der Waals surface area contributed by atoms with Gasteiger partial charge in [0.2, 0.25) is 0 Å². The first kappa shape index (κ1) is 24.4. The van der Waals surface area contributed by atoms with E-state index >= 15 is 0 Å². The number of fused-ring (bicyclic) bond motifs is 7. The summed E-state index contributed by atoms with van der Waals surface area (Å²) in [6.07, 6.45) is 13.2. The molecule has 5 aliphatic carbocycles. The van der Waals surface area contributed by atoms with Crippen molar-refractivity contribution in [2.45, 2.75) is 119 Å². The van der Waals surface area contributed by atoms with Gasteiger partial charge in [0.25, 0.3) is 0 Å². The van der Waals surface area contributed by atoms with Gasteiger partial charge in [-0.25, -0.2) is 0 Å². The Balaban J connectivity index is 1.62. The maximum atomic E-state index is 11.1. The second kappa shape index (κ2) is 7.12. The van der Waals surface area contributed by atoms with Crippen LogP contribution < -0.4 is 0 Å². The van der Waals surface area contributed by atoms with Crippen LogP contribution in [0.2, 0.25) is 0 Å². The van der Waals surface area contributed by atoms with E-state index in [0.29, 0.717) is 29.8 Å². The molecule has 0 unspecified atom stereocenters. The second-order valence-corrected chi connectivity index (χ2v) is 15.1. The Bertz CT molecular complexity index is 844. The summed E-state index contributed by atoms with van der Waals surface area (Å²) in [7, 11) is 0. The lowest BCUT2D eigenvalue weighted by molar-refractivity contribution is -0.250. The molecule has 0 radical (unpaired) electrons. The molecule has 0 aliphatic heterocycles. The molecule has 188 valence electrons. The molecule has 0 amide bonds. The standard InChI is InChI=1S/C31H52O2/c1-20-11-14-31(19-32)18-16-27(5)22(25(31)21(20)2)9-10-23-28(27,6)15-17-30(8)26(3,4)24(33)12-13-29(23,30)7/h9,20-21,23-25,32-33H,10-19H2,1-8H3/t20-,21+,23+,24+,25+,27-,28-,29-,30+,31-/m1/s1. The number of aliphatic hydroxyl groups is 2.